The highest BCUT2D eigenvalue weighted by Crippen LogP contribution is 2.26. The van der Waals surface area contributed by atoms with Crippen LogP contribution in [0.2, 0.25) is 0 Å². The lowest BCUT2D eigenvalue weighted by Gasteiger charge is -2.13. The molecule has 20 heavy (non-hydrogen) atoms. The van der Waals surface area contributed by atoms with E-state index in [1.165, 1.54) is 22.9 Å². The Balaban J connectivity index is 2.35. The molecule has 0 unspecified atom stereocenters. The van der Waals surface area contributed by atoms with E-state index in [1.54, 1.807) is 6.20 Å². The van der Waals surface area contributed by atoms with Gasteiger partial charge in [0.25, 0.3) is 0 Å². The molecule has 0 aliphatic rings. The summed E-state index contributed by atoms with van der Waals surface area (Å²) in [7, 11) is 0. The minimum Gasteiger partial charge on any atom is -0.369 e. The van der Waals surface area contributed by atoms with E-state index in [2.05, 4.69) is 37.0 Å². The zero-order valence-corrected chi connectivity index (χ0v) is 12.8. The van der Waals surface area contributed by atoms with E-state index >= 15 is 0 Å². The number of thioether (sulfide) groups is 1. The molecule has 0 spiro atoms. The average Bonchev–Trinajstić information content (AvgIpc) is 2.82. The smallest absolute Gasteiger partial charge is 0.231 e. The van der Waals surface area contributed by atoms with Crippen molar-refractivity contribution in [1.29, 1.82) is 0 Å². The molecular weight excluding hydrogens is 270 g/mol. The number of nitrogens with two attached hydrogens (primary N) is 1. The minimum absolute atomic E-state index is 0.248. The number of amides is 1. The molecule has 1 aromatic carbocycles. The van der Waals surface area contributed by atoms with Crippen molar-refractivity contribution in [2.45, 2.75) is 37.6 Å². The topological polar surface area (TPSA) is 60.9 Å². The van der Waals surface area contributed by atoms with E-state index in [9.17, 15) is 4.79 Å². The molecule has 1 amide bonds. The van der Waals surface area contributed by atoms with Crippen LogP contribution in [0.1, 0.15) is 24.5 Å². The van der Waals surface area contributed by atoms with Gasteiger partial charge in [0.15, 0.2) is 5.16 Å². The monoisotopic (exact) mass is 289 g/mol. The van der Waals surface area contributed by atoms with Crippen LogP contribution in [0.4, 0.5) is 0 Å². The van der Waals surface area contributed by atoms with E-state index in [0.29, 0.717) is 6.42 Å². The van der Waals surface area contributed by atoms with Gasteiger partial charge in [0.1, 0.15) is 0 Å². The maximum absolute atomic E-state index is 11.4. The summed E-state index contributed by atoms with van der Waals surface area (Å²) >= 11 is 1.41. The number of nitrogens with zero attached hydrogens (tertiary/aromatic N) is 2. The van der Waals surface area contributed by atoms with Crippen molar-refractivity contribution < 1.29 is 4.79 Å². The van der Waals surface area contributed by atoms with Gasteiger partial charge in [-0.2, -0.15) is 0 Å². The van der Waals surface area contributed by atoms with Gasteiger partial charge in [-0.1, -0.05) is 24.8 Å². The maximum Gasteiger partial charge on any atom is 0.231 e. The van der Waals surface area contributed by atoms with Gasteiger partial charge in [-0.15, -0.1) is 0 Å². The summed E-state index contributed by atoms with van der Waals surface area (Å²) in [4.78, 5) is 15.7. The Kier molecular flexibility index (Phi) is 4.49. The SMILES string of the molecule is CC[C@H](Sc1nccn1-c1cc(C)cc(C)c1)C(N)=O. The molecule has 4 nitrogen and oxygen atoms in total. The lowest BCUT2D eigenvalue weighted by molar-refractivity contribution is -0.117. The number of imidazole rings is 1. The summed E-state index contributed by atoms with van der Waals surface area (Å²) in [5, 5.41) is 0.544. The van der Waals surface area contributed by atoms with Crippen molar-refractivity contribution in [1.82, 2.24) is 9.55 Å². The number of aromatic nitrogens is 2. The first-order valence-electron chi connectivity index (χ1n) is 6.59. The highest BCUT2D eigenvalue weighted by molar-refractivity contribution is 8.00. The molecule has 2 aromatic rings. The van der Waals surface area contributed by atoms with Crippen LogP contribution >= 0.6 is 11.8 Å². The molecule has 0 fully saturated rings. The molecule has 0 radical (unpaired) electrons. The van der Waals surface area contributed by atoms with Gasteiger partial charge in [-0.05, 0) is 43.5 Å². The standard InChI is InChI=1S/C15H19N3OS/c1-4-13(14(16)19)20-15-17-5-6-18(15)12-8-10(2)7-11(3)9-12/h5-9,13H,4H2,1-3H3,(H2,16,19)/t13-/m0/s1. The highest BCUT2D eigenvalue weighted by Gasteiger charge is 2.18. The first-order chi connectivity index (χ1) is 9.51. The van der Waals surface area contributed by atoms with Crippen molar-refractivity contribution in [2.24, 2.45) is 5.73 Å². The third-order valence-electron chi connectivity index (χ3n) is 3.03. The number of hydrogen-bond donors (Lipinski definition) is 1. The first-order valence-corrected chi connectivity index (χ1v) is 7.47. The lowest BCUT2D eigenvalue weighted by Crippen LogP contribution is -2.25. The fourth-order valence-corrected chi connectivity index (χ4v) is 3.07. The summed E-state index contributed by atoms with van der Waals surface area (Å²) in [6.07, 6.45) is 4.34. The Morgan fingerprint density at radius 3 is 2.55 bits per heavy atom. The van der Waals surface area contributed by atoms with Gasteiger partial charge in [-0.3, -0.25) is 9.36 Å². The molecule has 0 aliphatic carbocycles. The predicted molar refractivity (Wildman–Crippen MR) is 82.2 cm³/mol. The molecule has 2 rings (SSSR count). The molecule has 106 valence electrons. The van der Waals surface area contributed by atoms with Gasteiger partial charge in [-0.25, -0.2) is 4.98 Å². The maximum atomic E-state index is 11.4. The molecule has 2 N–H and O–H groups in total. The minimum atomic E-state index is -0.299. The molecule has 0 bridgehead atoms. The number of carbonyl (C=O) groups excluding carboxylic acids is 1. The fraction of sp³-hybridized carbons (Fsp3) is 0.333. The number of hydrogen-bond acceptors (Lipinski definition) is 3. The zero-order chi connectivity index (χ0) is 14.7. The zero-order valence-electron chi connectivity index (χ0n) is 12.0. The Bertz CT molecular complexity index is 601. The van der Waals surface area contributed by atoms with Gasteiger partial charge in [0.2, 0.25) is 5.91 Å². The third-order valence-corrected chi connectivity index (χ3v) is 4.39. The number of aryl methyl sites for hydroxylation is 2. The number of carbonyl (C=O) groups is 1. The van der Waals surface area contributed by atoms with Gasteiger partial charge >= 0.3 is 0 Å². The lowest BCUT2D eigenvalue weighted by atomic mass is 10.1. The second-order valence-electron chi connectivity index (χ2n) is 4.84. The van der Waals surface area contributed by atoms with E-state index in [0.717, 1.165) is 10.8 Å². The largest absolute Gasteiger partial charge is 0.369 e. The van der Waals surface area contributed by atoms with Crippen LogP contribution in [0.25, 0.3) is 5.69 Å². The third kappa shape index (κ3) is 3.22. The van der Waals surface area contributed by atoms with Crippen LogP contribution in [-0.2, 0) is 4.79 Å². The van der Waals surface area contributed by atoms with E-state index in [-0.39, 0.29) is 11.2 Å². The molecule has 5 heteroatoms. The van der Waals surface area contributed by atoms with Crippen LogP contribution in [0, 0.1) is 13.8 Å². The van der Waals surface area contributed by atoms with Crippen molar-refractivity contribution in [3.8, 4) is 5.69 Å². The summed E-state index contributed by atoms with van der Waals surface area (Å²) in [6, 6.07) is 6.33. The number of benzene rings is 1. The second kappa shape index (κ2) is 6.13. The number of rotatable bonds is 5. The van der Waals surface area contributed by atoms with Crippen molar-refractivity contribution in [3.63, 3.8) is 0 Å². The van der Waals surface area contributed by atoms with E-state index < -0.39 is 0 Å². The van der Waals surface area contributed by atoms with E-state index in [1.807, 2.05) is 17.7 Å². The molecule has 0 saturated carbocycles. The fourth-order valence-electron chi connectivity index (χ4n) is 2.13. The quantitative estimate of drug-likeness (QED) is 0.861. The Morgan fingerprint density at radius 1 is 1.35 bits per heavy atom. The summed E-state index contributed by atoms with van der Waals surface area (Å²) in [6.45, 7) is 6.09. The molecule has 1 atom stereocenters. The Labute approximate surface area is 123 Å². The van der Waals surface area contributed by atoms with Crippen molar-refractivity contribution in [2.75, 3.05) is 0 Å². The average molecular weight is 289 g/mol. The van der Waals surface area contributed by atoms with E-state index in [4.69, 9.17) is 5.73 Å². The highest BCUT2D eigenvalue weighted by atomic mass is 32.2. The Morgan fingerprint density at radius 2 is 2.00 bits per heavy atom. The summed E-state index contributed by atoms with van der Waals surface area (Å²) in [5.74, 6) is -0.299. The van der Waals surface area contributed by atoms with Crippen LogP contribution in [-0.4, -0.2) is 20.7 Å². The second-order valence-corrected chi connectivity index (χ2v) is 6.01. The molecule has 0 aliphatic heterocycles. The molecule has 1 aromatic heterocycles. The summed E-state index contributed by atoms with van der Waals surface area (Å²) < 4.78 is 2.00. The normalized spacial score (nSPS) is 12.3. The van der Waals surface area contributed by atoms with Crippen LogP contribution < -0.4 is 5.73 Å². The molecule has 0 saturated heterocycles. The Hall–Kier alpha value is -1.75. The van der Waals surface area contributed by atoms with Gasteiger partial charge < -0.3 is 5.73 Å². The first kappa shape index (κ1) is 14.7. The van der Waals surface area contributed by atoms with Gasteiger partial charge in [0, 0.05) is 18.1 Å². The van der Waals surface area contributed by atoms with Crippen molar-refractivity contribution >= 4 is 17.7 Å². The predicted octanol–water partition coefficient (Wildman–Crippen LogP) is 2.85. The van der Waals surface area contributed by atoms with Crippen LogP contribution in [0.15, 0.2) is 35.7 Å². The van der Waals surface area contributed by atoms with Gasteiger partial charge in [0.05, 0.1) is 5.25 Å². The molecular formula is C15H19N3OS. The van der Waals surface area contributed by atoms with Crippen molar-refractivity contribution in [3.05, 3.63) is 41.7 Å². The molecule has 1 heterocycles. The van der Waals surface area contributed by atoms with Crippen LogP contribution in [0.3, 0.4) is 0 Å². The number of primary amides is 1. The summed E-state index contributed by atoms with van der Waals surface area (Å²) in [5.41, 5.74) is 8.86. The van der Waals surface area contributed by atoms with Crippen LogP contribution in [0.5, 0.6) is 0 Å².